The number of hydrogen-bond donors (Lipinski definition) is 0. The van der Waals surface area contributed by atoms with Crippen molar-refractivity contribution in [3.63, 3.8) is 0 Å². The Morgan fingerprint density at radius 1 is 1.06 bits per heavy atom. The lowest BCUT2D eigenvalue weighted by atomic mass is 10.0. The number of rotatable bonds is 8. The Morgan fingerprint density at radius 2 is 1.89 bits per heavy atom. The standard InChI is InChI=1S/C24H28FN5O5/c25-18-6-4-17(5-7-18)15-33-16-22-26-23(28-35-22)21-3-1-2-8-30(21)24(31)20-13-19(34-27-20)14-29-9-11-32-12-10-29/h4-7,13,21H,1-3,8-12,14-16H2. The summed E-state index contributed by atoms with van der Waals surface area (Å²) in [5.74, 6) is 0.945. The molecule has 186 valence electrons. The van der Waals surface area contributed by atoms with E-state index in [-0.39, 0.29) is 30.1 Å². The van der Waals surface area contributed by atoms with E-state index in [1.165, 1.54) is 12.1 Å². The fourth-order valence-electron chi connectivity index (χ4n) is 4.36. The zero-order valence-electron chi connectivity index (χ0n) is 19.4. The van der Waals surface area contributed by atoms with Crippen molar-refractivity contribution < 1.29 is 27.7 Å². The summed E-state index contributed by atoms with van der Waals surface area (Å²) in [6, 6.07) is 7.52. The van der Waals surface area contributed by atoms with Crippen molar-refractivity contribution in [1.82, 2.24) is 25.1 Å². The summed E-state index contributed by atoms with van der Waals surface area (Å²) in [4.78, 5) is 21.7. The molecule has 0 bridgehead atoms. The molecule has 11 heteroatoms. The van der Waals surface area contributed by atoms with Crippen molar-refractivity contribution >= 4 is 5.91 Å². The van der Waals surface area contributed by atoms with Crippen molar-refractivity contribution in [2.45, 2.75) is 45.1 Å². The first-order valence-corrected chi connectivity index (χ1v) is 11.9. The molecule has 10 nitrogen and oxygen atoms in total. The first kappa shape index (κ1) is 23.6. The zero-order valence-corrected chi connectivity index (χ0v) is 19.4. The van der Waals surface area contributed by atoms with Crippen LogP contribution in [0.4, 0.5) is 4.39 Å². The minimum absolute atomic E-state index is 0.124. The van der Waals surface area contributed by atoms with E-state index in [0.29, 0.717) is 50.4 Å². The second kappa shape index (κ2) is 11.1. The van der Waals surface area contributed by atoms with Gasteiger partial charge in [0.2, 0.25) is 0 Å². The Bertz CT molecular complexity index is 1110. The van der Waals surface area contributed by atoms with Crippen LogP contribution < -0.4 is 0 Å². The minimum Gasteiger partial charge on any atom is -0.379 e. The van der Waals surface area contributed by atoms with Crippen LogP contribution in [0.3, 0.4) is 0 Å². The van der Waals surface area contributed by atoms with Gasteiger partial charge < -0.3 is 23.4 Å². The third-order valence-electron chi connectivity index (χ3n) is 6.21. The van der Waals surface area contributed by atoms with E-state index in [2.05, 4.69) is 20.2 Å². The molecule has 0 N–H and O–H groups in total. The molecular weight excluding hydrogens is 457 g/mol. The second-order valence-electron chi connectivity index (χ2n) is 8.74. The Morgan fingerprint density at radius 3 is 2.71 bits per heavy atom. The molecule has 2 aliphatic rings. The molecule has 2 aromatic heterocycles. The Kier molecular flexibility index (Phi) is 7.45. The van der Waals surface area contributed by atoms with Crippen LogP contribution >= 0.6 is 0 Å². The van der Waals surface area contributed by atoms with Crippen molar-refractivity contribution in [3.05, 3.63) is 64.9 Å². The maximum atomic E-state index is 13.3. The quantitative estimate of drug-likeness (QED) is 0.476. The number of piperidine rings is 1. The van der Waals surface area contributed by atoms with E-state index >= 15 is 0 Å². The van der Waals surface area contributed by atoms with Gasteiger partial charge in [0.1, 0.15) is 12.4 Å². The second-order valence-corrected chi connectivity index (χ2v) is 8.74. The highest BCUT2D eigenvalue weighted by atomic mass is 19.1. The third kappa shape index (κ3) is 5.92. The maximum absolute atomic E-state index is 13.3. The molecule has 0 radical (unpaired) electrons. The lowest BCUT2D eigenvalue weighted by Gasteiger charge is -2.33. The Balaban J connectivity index is 1.20. The van der Waals surface area contributed by atoms with Crippen LogP contribution in [-0.2, 0) is 29.2 Å². The molecule has 5 rings (SSSR count). The van der Waals surface area contributed by atoms with Gasteiger partial charge in [-0.05, 0) is 37.0 Å². The number of amides is 1. The van der Waals surface area contributed by atoms with Gasteiger partial charge >= 0.3 is 0 Å². The maximum Gasteiger partial charge on any atom is 0.276 e. The van der Waals surface area contributed by atoms with Gasteiger partial charge in [-0.1, -0.05) is 22.4 Å². The number of nitrogens with zero attached hydrogens (tertiary/aromatic N) is 5. The first-order chi connectivity index (χ1) is 17.2. The molecule has 1 unspecified atom stereocenters. The number of hydrogen-bond acceptors (Lipinski definition) is 9. The van der Waals surface area contributed by atoms with Crippen LogP contribution in [0.15, 0.2) is 39.4 Å². The molecule has 1 atom stereocenters. The normalized spacial score (nSPS) is 19.2. The van der Waals surface area contributed by atoms with Crippen LogP contribution in [0.5, 0.6) is 0 Å². The topological polar surface area (TPSA) is 107 Å². The van der Waals surface area contributed by atoms with Gasteiger partial charge in [0.15, 0.2) is 17.3 Å². The Labute approximate surface area is 202 Å². The summed E-state index contributed by atoms with van der Waals surface area (Å²) >= 11 is 0. The summed E-state index contributed by atoms with van der Waals surface area (Å²) in [6.07, 6.45) is 2.59. The molecular formula is C24H28FN5O5. The average molecular weight is 486 g/mol. The van der Waals surface area contributed by atoms with Gasteiger partial charge in [0.25, 0.3) is 11.8 Å². The number of morpholine rings is 1. The van der Waals surface area contributed by atoms with Crippen LogP contribution in [0.25, 0.3) is 0 Å². The van der Waals surface area contributed by atoms with E-state index < -0.39 is 0 Å². The molecule has 2 fully saturated rings. The highest BCUT2D eigenvalue weighted by molar-refractivity contribution is 5.92. The highest BCUT2D eigenvalue weighted by Gasteiger charge is 2.33. The van der Waals surface area contributed by atoms with Gasteiger partial charge in [-0.15, -0.1) is 0 Å². The number of halogens is 1. The fourth-order valence-corrected chi connectivity index (χ4v) is 4.36. The summed E-state index contributed by atoms with van der Waals surface area (Å²) in [6.45, 7) is 4.64. The molecule has 2 aliphatic heterocycles. The highest BCUT2D eigenvalue weighted by Crippen LogP contribution is 2.30. The molecule has 0 aliphatic carbocycles. The molecule has 2 saturated heterocycles. The van der Waals surface area contributed by atoms with E-state index in [0.717, 1.165) is 37.9 Å². The van der Waals surface area contributed by atoms with Gasteiger partial charge in [0.05, 0.1) is 32.4 Å². The predicted molar refractivity (Wildman–Crippen MR) is 119 cm³/mol. The van der Waals surface area contributed by atoms with Crippen molar-refractivity contribution in [3.8, 4) is 0 Å². The van der Waals surface area contributed by atoms with Gasteiger partial charge in [-0.25, -0.2) is 4.39 Å². The number of likely N-dealkylation sites (tertiary alicyclic amines) is 1. The van der Waals surface area contributed by atoms with Gasteiger partial charge in [0, 0.05) is 25.7 Å². The summed E-state index contributed by atoms with van der Waals surface area (Å²) in [5.41, 5.74) is 1.13. The van der Waals surface area contributed by atoms with Crippen LogP contribution in [0.2, 0.25) is 0 Å². The molecule has 1 amide bonds. The van der Waals surface area contributed by atoms with Crippen LogP contribution in [-0.4, -0.2) is 63.9 Å². The molecule has 3 aromatic rings. The number of ether oxygens (including phenoxy) is 2. The lowest BCUT2D eigenvalue weighted by molar-refractivity contribution is 0.0305. The van der Waals surface area contributed by atoms with E-state index in [9.17, 15) is 9.18 Å². The zero-order chi connectivity index (χ0) is 24.0. The molecule has 0 saturated carbocycles. The van der Waals surface area contributed by atoms with Crippen LogP contribution in [0, 0.1) is 5.82 Å². The van der Waals surface area contributed by atoms with Gasteiger partial charge in [-0.2, -0.15) is 4.98 Å². The average Bonchev–Trinajstić information content (AvgIpc) is 3.55. The monoisotopic (exact) mass is 485 g/mol. The molecule has 1 aromatic carbocycles. The number of benzene rings is 1. The smallest absolute Gasteiger partial charge is 0.276 e. The van der Waals surface area contributed by atoms with E-state index in [1.807, 2.05) is 0 Å². The van der Waals surface area contributed by atoms with E-state index in [4.69, 9.17) is 18.5 Å². The van der Waals surface area contributed by atoms with Crippen molar-refractivity contribution in [1.29, 1.82) is 0 Å². The first-order valence-electron chi connectivity index (χ1n) is 11.9. The molecule has 4 heterocycles. The summed E-state index contributed by atoms with van der Waals surface area (Å²) < 4.78 is 34.8. The lowest BCUT2D eigenvalue weighted by Crippen LogP contribution is -2.39. The van der Waals surface area contributed by atoms with Crippen molar-refractivity contribution in [2.24, 2.45) is 0 Å². The largest absolute Gasteiger partial charge is 0.379 e. The Hall–Kier alpha value is -3.15. The summed E-state index contributed by atoms with van der Waals surface area (Å²) in [7, 11) is 0. The number of carbonyl (C=O) groups excluding carboxylic acids is 1. The minimum atomic E-state index is -0.301. The van der Waals surface area contributed by atoms with Crippen molar-refractivity contribution in [2.75, 3.05) is 32.8 Å². The molecule has 35 heavy (non-hydrogen) atoms. The number of carbonyl (C=O) groups is 1. The fraction of sp³-hybridized carbons (Fsp3) is 0.500. The van der Waals surface area contributed by atoms with Gasteiger partial charge in [-0.3, -0.25) is 9.69 Å². The van der Waals surface area contributed by atoms with Crippen LogP contribution in [0.1, 0.15) is 58.8 Å². The molecule has 0 spiro atoms. The summed E-state index contributed by atoms with van der Waals surface area (Å²) in [5, 5.41) is 8.15. The third-order valence-corrected chi connectivity index (χ3v) is 6.21. The SMILES string of the molecule is O=C(c1cc(CN2CCOCC2)on1)N1CCCCC1c1noc(COCc2ccc(F)cc2)n1. The van der Waals surface area contributed by atoms with E-state index in [1.54, 1.807) is 23.1 Å². The predicted octanol–water partition coefficient (Wildman–Crippen LogP) is 3.11. The number of aromatic nitrogens is 3.